The Kier molecular flexibility index (Phi) is 7.23. The van der Waals surface area contributed by atoms with Crippen LogP contribution in [0, 0.1) is 11.8 Å². The summed E-state index contributed by atoms with van der Waals surface area (Å²) in [6, 6.07) is 0. The second kappa shape index (κ2) is 7.39. The van der Waals surface area contributed by atoms with E-state index in [4.69, 9.17) is 0 Å². The first kappa shape index (κ1) is 11.7. The highest BCUT2D eigenvalue weighted by Crippen LogP contribution is 2.21. The smallest absolute Gasteiger partial charge is 0.0208 e. The Bertz CT molecular complexity index is 113. The lowest BCUT2D eigenvalue weighted by Crippen LogP contribution is -2.07. The van der Waals surface area contributed by atoms with Crippen LogP contribution in [0.15, 0.2) is 12.2 Å². The van der Waals surface area contributed by atoms with Gasteiger partial charge in [-0.25, -0.2) is 0 Å². The quantitative estimate of drug-likeness (QED) is 0.515. The van der Waals surface area contributed by atoms with Crippen molar-refractivity contribution in [1.82, 2.24) is 0 Å². The highest BCUT2D eigenvalue weighted by atomic mass is 14.2. The van der Waals surface area contributed by atoms with Gasteiger partial charge in [0.25, 0.3) is 0 Å². The van der Waals surface area contributed by atoms with Crippen LogP contribution in [0.5, 0.6) is 0 Å². The monoisotopic (exact) mass is 168 g/mol. The molecule has 0 bridgehead atoms. The average Bonchev–Trinajstić information content (AvgIpc) is 2.11. The van der Waals surface area contributed by atoms with Gasteiger partial charge in [-0.1, -0.05) is 52.7 Å². The van der Waals surface area contributed by atoms with Gasteiger partial charge < -0.3 is 0 Å². The van der Waals surface area contributed by atoms with Crippen molar-refractivity contribution in [2.75, 3.05) is 0 Å². The fourth-order valence-corrected chi connectivity index (χ4v) is 1.52. The molecule has 0 N–H and O–H groups in total. The Balaban J connectivity index is 3.93. The van der Waals surface area contributed by atoms with Crippen LogP contribution in [0.25, 0.3) is 0 Å². The molecule has 2 atom stereocenters. The number of rotatable bonds is 6. The first-order valence-corrected chi connectivity index (χ1v) is 5.42. The van der Waals surface area contributed by atoms with Gasteiger partial charge in [-0.3, -0.25) is 0 Å². The summed E-state index contributed by atoms with van der Waals surface area (Å²) in [6.45, 7) is 9.12. The molecule has 72 valence electrons. The molecule has 0 nitrogen and oxygen atoms in total. The van der Waals surface area contributed by atoms with Gasteiger partial charge in [0.1, 0.15) is 0 Å². The lowest BCUT2D eigenvalue weighted by molar-refractivity contribution is 0.389. The van der Waals surface area contributed by atoms with Crippen LogP contribution in [0.3, 0.4) is 0 Å². The van der Waals surface area contributed by atoms with Gasteiger partial charge in [0, 0.05) is 0 Å². The molecule has 0 spiro atoms. The molecule has 0 aromatic rings. The second-order valence-corrected chi connectivity index (χ2v) is 3.67. The van der Waals surface area contributed by atoms with Crippen LogP contribution in [-0.4, -0.2) is 0 Å². The summed E-state index contributed by atoms with van der Waals surface area (Å²) in [5.74, 6) is 1.67. The molecule has 0 aliphatic carbocycles. The van der Waals surface area contributed by atoms with Gasteiger partial charge in [0.15, 0.2) is 0 Å². The second-order valence-electron chi connectivity index (χ2n) is 3.67. The average molecular weight is 168 g/mol. The SMILES string of the molecule is CCC=CC(CCC)C(C)CC. The fourth-order valence-electron chi connectivity index (χ4n) is 1.52. The van der Waals surface area contributed by atoms with Crippen LogP contribution in [0.2, 0.25) is 0 Å². The van der Waals surface area contributed by atoms with Crippen molar-refractivity contribution in [3.63, 3.8) is 0 Å². The van der Waals surface area contributed by atoms with Gasteiger partial charge in [-0.2, -0.15) is 0 Å². The summed E-state index contributed by atoms with van der Waals surface area (Å²) >= 11 is 0. The minimum atomic E-state index is 0.819. The Morgan fingerprint density at radius 3 is 2.25 bits per heavy atom. The third-order valence-electron chi connectivity index (χ3n) is 2.62. The van der Waals surface area contributed by atoms with Crippen LogP contribution in [0.1, 0.15) is 53.4 Å². The third kappa shape index (κ3) is 4.58. The van der Waals surface area contributed by atoms with Gasteiger partial charge in [-0.05, 0) is 24.7 Å². The molecule has 0 aromatic carbocycles. The zero-order valence-electron chi connectivity index (χ0n) is 9.14. The van der Waals surface area contributed by atoms with Gasteiger partial charge in [-0.15, -0.1) is 0 Å². The number of allylic oxidation sites excluding steroid dienone is 2. The van der Waals surface area contributed by atoms with Crippen LogP contribution >= 0.6 is 0 Å². The third-order valence-corrected chi connectivity index (χ3v) is 2.62. The predicted molar refractivity (Wildman–Crippen MR) is 57.3 cm³/mol. The molecule has 0 fully saturated rings. The van der Waals surface area contributed by atoms with E-state index in [9.17, 15) is 0 Å². The van der Waals surface area contributed by atoms with E-state index in [-0.39, 0.29) is 0 Å². The molecule has 12 heavy (non-hydrogen) atoms. The molecule has 0 amide bonds. The summed E-state index contributed by atoms with van der Waals surface area (Å²) in [7, 11) is 0. The van der Waals surface area contributed by atoms with Gasteiger partial charge >= 0.3 is 0 Å². The van der Waals surface area contributed by atoms with Crippen molar-refractivity contribution < 1.29 is 0 Å². The zero-order valence-corrected chi connectivity index (χ0v) is 9.14. The summed E-state index contributed by atoms with van der Waals surface area (Å²) in [4.78, 5) is 0. The standard InChI is InChI=1S/C12H24/c1-5-8-10-12(9-6-2)11(4)7-3/h8,10-12H,5-7,9H2,1-4H3. The lowest BCUT2D eigenvalue weighted by Gasteiger charge is -2.18. The minimum absolute atomic E-state index is 0.819. The van der Waals surface area contributed by atoms with Crippen molar-refractivity contribution >= 4 is 0 Å². The summed E-state index contributed by atoms with van der Waals surface area (Å²) in [6.07, 6.45) is 9.87. The van der Waals surface area contributed by atoms with E-state index in [1.807, 2.05) is 0 Å². The number of hydrogen-bond donors (Lipinski definition) is 0. The van der Waals surface area contributed by atoms with E-state index in [1.165, 1.54) is 25.7 Å². The topological polar surface area (TPSA) is 0 Å². The molecule has 0 aromatic heterocycles. The molecular weight excluding hydrogens is 144 g/mol. The Morgan fingerprint density at radius 2 is 1.83 bits per heavy atom. The highest BCUT2D eigenvalue weighted by Gasteiger charge is 2.10. The predicted octanol–water partition coefficient (Wildman–Crippen LogP) is 4.42. The van der Waals surface area contributed by atoms with E-state index in [0.717, 1.165) is 11.8 Å². The molecule has 0 rings (SSSR count). The van der Waals surface area contributed by atoms with Crippen molar-refractivity contribution in [3.05, 3.63) is 12.2 Å². The molecule has 0 radical (unpaired) electrons. The molecule has 0 heteroatoms. The van der Waals surface area contributed by atoms with E-state index < -0.39 is 0 Å². The molecule has 0 heterocycles. The van der Waals surface area contributed by atoms with Crippen LogP contribution < -0.4 is 0 Å². The van der Waals surface area contributed by atoms with Crippen molar-refractivity contribution in [2.24, 2.45) is 11.8 Å². The molecule has 0 aliphatic rings. The molecule has 0 aliphatic heterocycles. The van der Waals surface area contributed by atoms with Gasteiger partial charge in [0.2, 0.25) is 0 Å². The van der Waals surface area contributed by atoms with Crippen molar-refractivity contribution in [1.29, 1.82) is 0 Å². The molecule has 0 saturated heterocycles. The first-order valence-electron chi connectivity index (χ1n) is 5.42. The fraction of sp³-hybridized carbons (Fsp3) is 0.833. The lowest BCUT2D eigenvalue weighted by atomic mass is 9.88. The molecule has 2 unspecified atom stereocenters. The van der Waals surface area contributed by atoms with E-state index in [2.05, 4.69) is 39.8 Å². The number of hydrogen-bond acceptors (Lipinski definition) is 0. The maximum Gasteiger partial charge on any atom is -0.0208 e. The van der Waals surface area contributed by atoms with Crippen molar-refractivity contribution in [3.8, 4) is 0 Å². The summed E-state index contributed by atoms with van der Waals surface area (Å²) < 4.78 is 0. The largest absolute Gasteiger partial charge is 0.0885 e. The highest BCUT2D eigenvalue weighted by molar-refractivity contribution is 4.89. The Morgan fingerprint density at radius 1 is 1.17 bits per heavy atom. The Labute approximate surface area is 78.1 Å². The normalized spacial score (nSPS) is 16.7. The maximum atomic E-state index is 2.41. The Hall–Kier alpha value is -0.260. The van der Waals surface area contributed by atoms with E-state index >= 15 is 0 Å². The molecule has 0 saturated carbocycles. The molecular formula is C12H24. The van der Waals surface area contributed by atoms with Crippen LogP contribution in [-0.2, 0) is 0 Å². The van der Waals surface area contributed by atoms with Gasteiger partial charge in [0.05, 0.1) is 0 Å². The summed E-state index contributed by atoms with van der Waals surface area (Å²) in [5.41, 5.74) is 0. The van der Waals surface area contributed by atoms with E-state index in [0.29, 0.717) is 0 Å². The first-order chi connectivity index (χ1) is 5.76. The zero-order chi connectivity index (χ0) is 9.40. The van der Waals surface area contributed by atoms with Crippen molar-refractivity contribution in [2.45, 2.75) is 53.4 Å². The minimum Gasteiger partial charge on any atom is -0.0885 e. The van der Waals surface area contributed by atoms with E-state index in [1.54, 1.807) is 0 Å². The maximum absolute atomic E-state index is 2.41. The van der Waals surface area contributed by atoms with Crippen LogP contribution in [0.4, 0.5) is 0 Å². The summed E-state index contributed by atoms with van der Waals surface area (Å²) in [5, 5.41) is 0.